The van der Waals surface area contributed by atoms with Crippen LogP contribution in [0.2, 0.25) is 0 Å². The molecule has 214 valence electrons. The third-order valence-electron chi connectivity index (χ3n) is 6.39. The van der Waals surface area contributed by atoms with Gasteiger partial charge in [-0.2, -0.15) is 13.2 Å². The first-order chi connectivity index (χ1) is 20.7. The Kier molecular flexibility index (Phi) is 8.00. The number of fused-ring (bicyclic) bond motifs is 1. The Hall–Kier alpha value is -5.80. The lowest BCUT2D eigenvalue weighted by Gasteiger charge is -2.14. The summed E-state index contributed by atoms with van der Waals surface area (Å²) in [6, 6.07) is 17.5. The molecule has 8 nitrogen and oxygen atoms in total. The number of carbonyl (C=O) groups excluding carboxylic acids is 2. The minimum Gasteiger partial charge on any atom is -0.496 e. The highest BCUT2D eigenvalue weighted by Crippen LogP contribution is 2.36. The second-order valence-electron chi connectivity index (χ2n) is 9.20. The van der Waals surface area contributed by atoms with Crippen molar-refractivity contribution in [1.82, 2.24) is 15.0 Å². The number of nitrogens with one attached hydrogen (secondary N) is 2. The van der Waals surface area contributed by atoms with E-state index in [0.717, 1.165) is 40.4 Å². The van der Waals surface area contributed by atoms with Crippen LogP contribution in [0.4, 0.5) is 24.7 Å². The Morgan fingerprint density at radius 1 is 0.953 bits per heavy atom. The molecule has 5 rings (SSSR count). The second kappa shape index (κ2) is 12.0. The van der Waals surface area contributed by atoms with Crippen LogP contribution in [0.25, 0.3) is 33.2 Å². The lowest BCUT2D eigenvalue weighted by molar-refractivity contribution is -0.137. The van der Waals surface area contributed by atoms with Gasteiger partial charge in [-0.1, -0.05) is 24.8 Å². The van der Waals surface area contributed by atoms with Gasteiger partial charge in [0.05, 0.1) is 23.8 Å². The summed E-state index contributed by atoms with van der Waals surface area (Å²) in [7, 11) is 1.39. The number of hydrogen-bond donors (Lipinski definition) is 2. The topological polar surface area (TPSA) is 106 Å². The van der Waals surface area contributed by atoms with Crippen molar-refractivity contribution in [3.63, 3.8) is 0 Å². The Morgan fingerprint density at radius 3 is 2.56 bits per heavy atom. The van der Waals surface area contributed by atoms with Crippen molar-refractivity contribution >= 4 is 34.2 Å². The molecule has 0 atom stereocenters. The van der Waals surface area contributed by atoms with Crippen LogP contribution >= 0.6 is 0 Å². The molecule has 11 heteroatoms. The molecular formula is C32H22F3N5O3. The number of halogens is 3. The maximum Gasteiger partial charge on any atom is 0.416 e. The van der Waals surface area contributed by atoms with E-state index in [1.807, 2.05) is 24.3 Å². The van der Waals surface area contributed by atoms with Gasteiger partial charge in [-0.25, -0.2) is 15.0 Å². The maximum absolute atomic E-state index is 13.1. The molecule has 0 radical (unpaired) electrons. The Balaban J connectivity index is 1.51. The van der Waals surface area contributed by atoms with E-state index in [0.29, 0.717) is 16.8 Å². The van der Waals surface area contributed by atoms with E-state index in [1.54, 1.807) is 30.5 Å². The number of methoxy groups -OCH3 is 1. The van der Waals surface area contributed by atoms with Crippen molar-refractivity contribution in [2.75, 3.05) is 17.7 Å². The average molecular weight is 582 g/mol. The van der Waals surface area contributed by atoms with Crippen molar-refractivity contribution < 1.29 is 27.5 Å². The Labute approximate surface area is 243 Å². The van der Waals surface area contributed by atoms with Crippen molar-refractivity contribution in [2.45, 2.75) is 6.18 Å². The quantitative estimate of drug-likeness (QED) is 0.160. The number of carbonyl (C=O) groups is 2. The summed E-state index contributed by atoms with van der Waals surface area (Å²) in [5, 5.41) is 5.91. The van der Waals surface area contributed by atoms with Gasteiger partial charge in [0.25, 0.3) is 11.8 Å². The summed E-state index contributed by atoms with van der Waals surface area (Å²) < 4.78 is 44.8. The minimum atomic E-state index is -4.58. The molecule has 2 N–H and O–H groups in total. The number of benzene rings is 3. The molecule has 2 heterocycles. The number of ether oxygens (including phenoxy) is 1. The van der Waals surface area contributed by atoms with Gasteiger partial charge in [0.15, 0.2) is 0 Å². The van der Waals surface area contributed by atoms with Crippen LogP contribution in [0, 0.1) is 0 Å². The average Bonchev–Trinajstić information content (AvgIpc) is 3.00. The van der Waals surface area contributed by atoms with Crippen LogP contribution < -0.4 is 15.4 Å². The molecule has 0 aliphatic rings. The van der Waals surface area contributed by atoms with Crippen molar-refractivity contribution in [3.8, 4) is 28.0 Å². The van der Waals surface area contributed by atoms with E-state index in [4.69, 9.17) is 4.74 Å². The van der Waals surface area contributed by atoms with Gasteiger partial charge in [0, 0.05) is 35.1 Å². The lowest BCUT2D eigenvalue weighted by atomic mass is 9.95. The first-order valence-electron chi connectivity index (χ1n) is 12.7. The van der Waals surface area contributed by atoms with Gasteiger partial charge in [-0.05, 0) is 65.2 Å². The van der Waals surface area contributed by atoms with Crippen LogP contribution in [-0.4, -0.2) is 33.9 Å². The number of alkyl halides is 3. The Morgan fingerprint density at radius 2 is 1.79 bits per heavy atom. The van der Waals surface area contributed by atoms with Gasteiger partial charge in [0.2, 0.25) is 0 Å². The molecule has 0 unspecified atom stereocenters. The lowest BCUT2D eigenvalue weighted by Crippen LogP contribution is -2.15. The van der Waals surface area contributed by atoms with E-state index in [1.165, 1.54) is 25.6 Å². The summed E-state index contributed by atoms with van der Waals surface area (Å²) in [6.45, 7) is 3.41. The van der Waals surface area contributed by atoms with Gasteiger partial charge in [-0.3, -0.25) is 9.59 Å². The smallest absolute Gasteiger partial charge is 0.416 e. The highest BCUT2D eigenvalue weighted by Gasteiger charge is 2.31. The van der Waals surface area contributed by atoms with Crippen LogP contribution in [0.3, 0.4) is 0 Å². The molecule has 0 fully saturated rings. The van der Waals surface area contributed by atoms with Crippen LogP contribution in [0.5, 0.6) is 5.75 Å². The largest absolute Gasteiger partial charge is 0.496 e. The zero-order valence-corrected chi connectivity index (χ0v) is 22.6. The molecule has 43 heavy (non-hydrogen) atoms. The van der Waals surface area contributed by atoms with Gasteiger partial charge >= 0.3 is 6.18 Å². The summed E-state index contributed by atoms with van der Waals surface area (Å²) >= 11 is 0. The van der Waals surface area contributed by atoms with Crippen molar-refractivity contribution in [2.24, 2.45) is 0 Å². The van der Waals surface area contributed by atoms with E-state index in [2.05, 4.69) is 37.9 Å². The van der Waals surface area contributed by atoms with E-state index < -0.39 is 17.6 Å². The highest BCUT2D eigenvalue weighted by atomic mass is 19.4. The number of amides is 2. The third-order valence-corrected chi connectivity index (χ3v) is 6.39. The van der Waals surface area contributed by atoms with E-state index in [9.17, 15) is 22.8 Å². The highest BCUT2D eigenvalue weighted by molar-refractivity contribution is 6.06. The van der Waals surface area contributed by atoms with Gasteiger partial charge in [0.1, 0.15) is 17.9 Å². The minimum absolute atomic E-state index is 0.104. The standard InChI is InChI=1S/C32H22F3N5O3/c1-3-5-29(41)39-24-7-4-6-20(13-24)26-14-21(12-22-17-36-18-38-30(22)26)19-8-9-25(27(15-19)43-2)31(42)40-28-16-23(10-11-37-28)32(33,34)35/h4-18H,1H2,2H3,(H,39,41)(H,37,40,42). The first kappa shape index (κ1) is 28.7. The summed E-state index contributed by atoms with van der Waals surface area (Å²) in [5.41, 5.74) is 5.85. The first-order valence-corrected chi connectivity index (χ1v) is 12.7. The maximum atomic E-state index is 13.1. The second-order valence-corrected chi connectivity index (χ2v) is 9.20. The van der Waals surface area contributed by atoms with Crippen molar-refractivity contribution in [3.05, 3.63) is 115 Å². The molecule has 0 bridgehead atoms. The van der Waals surface area contributed by atoms with Crippen molar-refractivity contribution in [1.29, 1.82) is 0 Å². The molecule has 5 aromatic rings. The SMILES string of the molecule is C=C=CC(=O)Nc1cccc(-c2cc(-c3ccc(C(=O)Nc4cc(C(F)(F)F)ccn4)c(OC)c3)cc3cncnc23)c1. The predicted molar refractivity (Wildman–Crippen MR) is 156 cm³/mol. The molecular weight excluding hydrogens is 559 g/mol. The molecule has 3 aromatic carbocycles. The number of aromatic nitrogens is 3. The predicted octanol–water partition coefficient (Wildman–Crippen LogP) is 6.92. The Bertz CT molecular complexity index is 1920. The van der Waals surface area contributed by atoms with Gasteiger partial charge < -0.3 is 15.4 Å². The van der Waals surface area contributed by atoms with Crippen LogP contribution in [0.1, 0.15) is 15.9 Å². The molecule has 0 aliphatic carbocycles. The van der Waals surface area contributed by atoms with Crippen LogP contribution in [0.15, 0.2) is 104 Å². The zero-order valence-electron chi connectivity index (χ0n) is 22.6. The molecule has 0 saturated carbocycles. The third kappa shape index (κ3) is 6.42. The van der Waals surface area contributed by atoms with E-state index in [-0.39, 0.29) is 23.0 Å². The molecule has 0 saturated heterocycles. The summed E-state index contributed by atoms with van der Waals surface area (Å²) in [4.78, 5) is 37.5. The number of hydrogen-bond acceptors (Lipinski definition) is 6. The number of nitrogens with zero attached hydrogens (tertiary/aromatic N) is 3. The number of anilines is 2. The number of rotatable bonds is 7. The normalized spacial score (nSPS) is 11.0. The fourth-order valence-corrected chi connectivity index (χ4v) is 4.44. The molecule has 2 aromatic heterocycles. The van der Waals surface area contributed by atoms with E-state index >= 15 is 0 Å². The molecule has 2 amide bonds. The van der Waals surface area contributed by atoms with Gasteiger partial charge in [-0.15, -0.1) is 5.73 Å². The summed E-state index contributed by atoms with van der Waals surface area (Å²) in [5.74, 6) is -1.10. The fraction of sp³-hybridized carbons (Fsp3) is 0.0625. The fourth-order valence-electron chi connectivity index (χ4n) is 4.44. The monoisotopic (exact) mass is 581 g/mol. The zero-order chi connectivity index (χ0) is 30.6. The van der Waals surface area contributed by atoms with Crippen LogP contribution in [-0.2, 0) is 11.0 Å². The number of pyridine rings is 1. The molecule has 0 spiro atoms. The summed E-state index contributed by atoms with van der Waals surface area (Å²) in [6.07, 6.45) is 0.716. The molecule has 0 aliphatic heterocycles.